The molecule has 2 rings (SSSR count). The first-order valence-electron chi connectivity index (χ1n) is 12.1. The highest BCUT2D eigenvalue weighted by Gasteiger charge is 2.37. The van der Waals surface area contributed by atoms with Gasteiger partial charge in [-0.05, 0) is 46.5 Å². The van der Waals surface area contributed by atoms with Crippen LogP contribution in [0.4, 0.5) is 4.79 Å². The van der Waals surface area contributed by atoms with Crippen molar-refractivity contribution in [3.05, 3.63) is 0 Å². The molecule has 0 atom stereocenters. The van der Waals surface area contributed by atoms with Gasteiger partial charge in [-0.25, -0.2) is 4.79 Å². The number of amides is 1. The number of esters is 2. The predicted molar refractivity (Wildman–Crippen MR) is 133 cm³/mol. The van der Waals surface area contributed by atoms with E-state index in [9.17, 15) is 14.4 Å². The van der Waals surface area contributed by atoms with E-state index in [2.05, 4.69) is 10.1 Å². The zero-order chi connectivity index (χ0) is 28.0. The fraction of sp³-hybridized carbons (Fsp3) is 0.870. The van der Waals surface area contributed by atoms with Crippen LogP contribution in [-0.2, 0) is 34.2 Å². The van der Waals surface area contributed by atoms with Gasteiger partial charge in [-0.1, -0.05) is 38.5 Å². The fourth-order valence-electron chi connectivity index (χ4n) is 4.24. The van der Waals surface area contributed by atoms with Gasteiger partial charge in [0.15, 0.2) is 0 Å². The lowest BCUT2D eigenvalue weighted by atomic mass is 9.79. The Kier molecular flexibility index (Phi) is 14.5. The molecule has 2 aliphatic rings. The Bertz CT molecular complexity index is 788. The minimum Gasteiger partial charge on any atom is -0.469 e. The molecule has 36 heavy (non-hydrogen) atoms. The molecule has 0 aliphatic heterocycles. The molecule has 1 amide bonds. The van der Waals surface area contributed by atoms with E-state index in [0.717, 1.165) is 57.8 Å². The third kappa shape index (κ3) is 17.5. The second-order valence-electron chi connectivity index (χ2n) is 10.3. The summed E-state index contributed by atoms with van der Waals surface area (Å²) in [6.07, 6.45) is 10.3. The molecule has 0 saturated heterocycles. The third-order valence-electron chi connectivity index (χ3n) is 5.86. The Labute approximate surface area is 214 Å². The number of carbonyl (C=O) groups is 3. The van der Waals surface area contributed by atoms with Crippen LogP contribution in [0, 0.1) is 0 Å². The van der Waals surface area contributed by atoms with Crippen LogP contribution >= 0.6 is 0 Å². The van der Waals surface area contributed by atoms with Gasteiger partial charge in [-0.3, -0.25) is 18.7 Å². The number of alkyl carbamates (subject to hydrolysis) is 1. The van der Waals surface area contributed by atoms with Crippen molar-refractivity contribution in [2.45, 2.75) is 114 Å². The van der Waals surface area contributed by atoms with Crippen LogP contribution in [0.1, 0.15) is 97.8 Å². The van der Waals surface area contributed by atoms with Crippen molar-refractivity contribution >= 4 is 28.4 Å². The van der Waals surface area contributed by atoms with E-state index in [1.54, 1.807) is 0 Å². The summed E-state index contributed by atoms with van der Waals surface area (Å²) in [6.45, 7) is 5.46. The van der Waals surface area contributed by atoms with Crippen molar-refractivity contribution in [1.82, 2.24) is 5.32 Å². The van der Waals surface area contributed by atoms with Crippen molar-refractivity contribution < 1.29 is 46.1 Å². The number of hydrogen-bond donors (Lipinski definition) is 4. The van der Waals surface area contributed by atoms with Gasteiger partial charge >= 0.3 is 28.4 Å². The summed E-state index contributed by atoms with van der Waals surface area (Å²) in [6, 6.07) is 0. The van der Waals surface area contributed by atoms with Crippen LogP contribution in [0.15, 0.2) is 0 Å². The number of carbonyl (C=O) groups excluding carboxylic acids is 3. The molecule has 0 radical (unpaired) electrons. The molecular formula is C23H44N2O10S. The van der Waals surface area contributed by atoms with Crippen LogP contribution < -0.4 is 11.1 Å². The molecule has 0 unspecified atom stereocenters. The van der Waals surface area contributed by atoms with Crippen molar-refractivity contribution in [2.75, 3.05) is 14.2 Å². The molecule has 0 spiro atoms. The average molecular weight is 541 g/mol. The Hall–Kier alpha value is -1.96. The van der Waals surface area contributed by atoms with Crippen molar-refractivity contribution in [1.29, 1.82) is 0 Å². The van der Waals surface area contributed by atoms with Gasteiger partial charge in [0.05, 0.1) is 32.6 Å². The summed E-state index contributed by atoms with van der Waals surface area (Å²) in [5.41, 5.74) is 4.72. The van der Waals surface area contributed by atoms with Gasteiger partial charge in [0.25, 0.3) is 0 Å². The molecule has 2 aliphatic carbocycles. The molecule has 2 saturated carbocycles. The summed E-state index contributed by atoms with van der Waals surface area (Å²) in [7, 11) is -1.89. The van der Waals surface area contributed by atoms with Crippen LogP contribution in [0.2, 0.25) is 0 Å². The number of ether oxygens (including phenoxy) is 3. The Morgan fingerprint density at radius 3 is 1.61 bits per heavy atom. The molecule has 0 aromatic heterocycles. The monoisotopic (exact) mass is 540 g/mol. The highest BCUT2D eigenvalue weighted by atomic mass is 32.3. The van der Waals surface area contributed by atoms with Gasteiger partial charge in [-0.2, -0.15) is 8.42 Å². The van der Waals surface area contributed by atoms with Crippen molar-refractivity contribution in [2.24, 2.45) is 5.73 Å². The molecular weight excluding hydrogens is 496 g/mol. The molecule has 212 valence electrons. The summed E-state index contributed by atoms with van der Waals surface area (Å²) in [5.74, 6) is -0.475. The Morgan fingerprint density at radius 1 is 0.833 bits per heavy atom. The maximum atomic E-state index is 11.9. The van der Waals surface area contributed by atoms with E-state index in [1.165, 1.54) is 20.6 Å². The van der Waals surface area contributed by atoms with E-state index in [-0.39, 0.29) is 23.9 Å². The lowest BCUT2D eigenvalue weighted by Crippen LogP contribution is -2.52. The molecule has 2 fully saturated rings. The first-order valence-corrected chi connectivity index (χ1v) is 13.5. The van der Waals surface area contributed by atoms with E-state index >= 15 is 0 Å². The van der Waals surface area contributed by atoms with Gasteiger partial charge < -0.3 is 25.3 Å². The van der Waals surface area contributed by atoms with Crippen LogP contribution in [0.25, 0.3) is 0 Å². The SMILES string of the molecule is COC(=O)CC1(N)CCCCC1.COC(=O)CC1(NC(=O)OC(C)(C)C)CCCCC1.O=S(=O)(O)O. The van der Waals surface area contributed by atoms with Crippen molar-refractivity contribution in [3.8, 4) is 0 Å². The second-order valence-corrected chi connectivity index (χ2v) is 11.2. The number of methoxy groups -OCH3 is 2. The smallest absolute Gasteiger partial charge is 0.408 e. The third-order valence-corrected chi connectivity index (χ3v) is 5.86. The van der Waals surface area contributed by atoms with Crippen LogP contribution in [0.5, 0.6) is 0 Å². The van der Waals surface area contributed by atoms with Gasteiger partial charge in [-0.15, -0.1) is 0 Å². The standard InChI is InChI=1S/C14H25NO4.C9H17NO2.H2O4S/c1-13(2,3)19-12(17)15-14(10-11(16)18-4)8-6-5-7-9-14;1-12-8(11)7-9(10)5-3-2-4-6-9;1-5(2,3)4/h5-10H2,1-4H3,(H,15,17);2-7,10H2,1H3;(H2,1,2,3,4). The molecule has 12 nitrogen and oxygen atoms in total. The number of rotatable bonds is 5. The number of hydrogen-bond acceptors (Lipinski definition) is 9. The highest BCUT2D eigenvalue weighted by molar-refractivity contribution is 7.79. The minimum absolute atomic E-state index is 0.181. The summed E-state index contributed by atoms with van der Waals surface area (Å²) in [4.78, 5) is 34.4. The molecule has 13 heteroatoms. The first kappa shape index (κ1) is 34.0. The topological polar surface area (TPSA) is 192 Å². The van der Waals surface area contributed by atoms with Gasteiger partial charge in [0, 0.05) is 5.54 Å². The lowest BCUT2D eigenvalue weighted by Gasteiger charge is -2.37. The highest BCUT2D eigenvalue weighted by Crippen LogP contribution is 2.32. The second kappa shape index (κ2) is 15.3. The largest absolute Gasteiger partial charge is 0.469 e. The quantitative estimate of drug-likeness (QED) is 0.227. The maximum absolute atomic E-state index is 11.9. The molecule has 5 N–H and O–H groups in total. The van der Waals surface area contributed by atoms with E-state index in [1.807, 2.05) is 20.8 Å². The van der Waals surface area contributed by atoms with Crippen molar-refractivity contribution in [3.63, 3.8) is 0 Å². The maximum Gasteiger partial charge on any atom is 0.408 e. The zero-order valence-electron chi connectivity index (χ0n) is 22.1. The lowest BCUT2D eigenvalue weighted by molar-refractivity contribution is -0.143. The molecule has 0 bridgehead atoms. The number of nitrogens with one attached hydrogen (secondary N) is 1. The van der Waals surface area contributed by atoms with E-state index in [4.69, 9.17) is 32.7 Å². The first-order chi connectivity index (χ1) is 16.4. The predicted octanol–water partition coefficient (Wildman–Crippen LogP) is 3.34. The molecule has 0 heterocycles. The summed E-state index contributed by atoms with van der Waals surface area (Å²) in [5, 5.41) is 2.89. The normalized spacial score (nSPS) is 18.7. The van der Waals surface area contributed by atoms with Gasteiger partial charge in [0.1, 0.15) is 5.60 Å². The number of nitrogens with two attached hydrogens (primary N) is 1. The van der Waals surface area contributed by atoms with Crippen LogP contribution in [0.3, 0.4) is 0 Å². The van der Waals surface area contributed by atoms with Gasteiger partial charge in [0.2, 0.25) is 0 Å². The zero-order valence-corrected chi connectivity index (χ0v) is 22.9. The summed E-state index contributed by atoms with van der Waals surface area (Å²) >= 11 is 0. The van der Waals surface area contributed by atoms with Crippen LogP contribution in [-0.4, -0.2) is 66.5 Å². The average Bonchev–Trinajstić information content (AvgIpc) is 2.72. The molecule has 0 aromatic carbocycles. The molecule has 0 aromatic rings. The van der Waals surface area contributed by atoms with E-state index in [0.29, 0.717) is 6.42 Å². The summed E-state index contributed by atoms with van der Waals surface area (Å²) < 4.78 is 46.2. The fourth-order valence-corrected chi connectivity index (χ4v) is 4.24. The Morgan fingerprint density at radius 2 is 1.22 bits per heavy atom. The minimum atomic E-state index is -4.67. The van der Waals surface area contributed by atoms with E-state index < -0.39 is 27.6 Å². The Balaban J connectivity index is 0.000000611.